The van der Waals surface area contributed by atoms with Gasteiger partial charge in [-0.25, -0.2) is 4.98 Å². The van der Waals surface area contributed by atoms with E-state index in [0.29, 0.717) is 24.5 Å². The first-order valence-corrected chi connectivity index (χ1v) is 7.83. The predicted molar refractivity (Wildman–Crippen MR) is 86.5 cm³/mol. The van der Waals surface area contributed by atoms with Crippen LogP contribution in [0, 0.1) is 5.92 Å². The summed E-state index contributed by atoms with van der Waals surface area (Å²) in [6.45, 7) is 0.126. The molecule has 2 aromatic rings. The smallest absolute Gasteiger partial charge is 0.220 e. The molecule has 1 heterocycles. The van der Waals surface area contributed by atoms with Crippen LogP contribution in [0.5, 0.6) is 0 Å². The summed E-state index contributed by atoms with van der Waals surface area (Å²) in [5, 5.41) is 12.0. The second-order valence-corrected chi connectivity index (χ2v) is 5.72. The highest BCUT2D eigenvalue weighted by Gasteiger charge is 2.19. The summed E-state index contributed by atoms with van der Waals surface area (Å²) in [6, 6.07) is 9.77. The number of aliphatic hydroxyl groups is 1. The summed E-state index contributed by atoms with van der Waals surface area (Å²) < 4.78 is 5.69. The average molecular weight is 312 g/mol. The number of rotatable bonds is 6. The number of hydrogen-bond donors (Lipinski definition) is 2. The van der Waals surface area contributed by atoms with Gasteiger partial charge in [0.1, 0.15) is 0 Å². The Morgan fingerprint density at radius 1 is 1.30 bits per heavy atom. The van der Waals surface area contributed by atoms with Crippen LogP contribution in [0.1, 0.15) is 18.7 Å². The van der Waals surface area contributed by atoms with Crippen molar-refractivity contribution < 1.29 is 14.3 Å². The second-order valence-electron chi connectivity index (χ2n) is 5.72. The first-order valence-electron chi connectivity index (χ1n) is 7.83. The summed E-state index contributed by atoms with van der Waals surface area (Å²) in [7, 11) is 0. The molecule has 1 amide bonds. The van der Waals surface area contributed by atoms with Gasteiger partial charge >= 0.3 is 0 Å². The summed E-state index contributed by atoms with van der Waals surface area (Å²) >= 11 is 0. The lowest BCUT2D eigenvalue weighted by molar-refractivity contribution is -0.121. The van der Waals surface area contributed by atoms with Gasteiger partial charge in [-0.1, -0.05) is 42.5 Å². The zero-order valence-electron chi connectivity index (χ0n) is 12.8. The Morgan fingerprint density at radius 2 is 2.13 bits per heavy atom. The highest BCUT2D eigenvalue weighted by molar-refractivity contribution is 5.76. The molecular formula is C18H20N2O3. The minimum absolute atomic E-state index is 0.0177. The van der Waals surface area contributed by atoms with Gasteiger partial charge in [0.15, 0.2) is 11.7 Å². The number of nitrogens with zero attached hydrogens (tertiary/aromatic N) is 1. The van der Waals surface area contributed by atoms with E-state index >= 15 is 0 Å². The molecule has 3 rings (SSSR count). The van der Waals surface area contributed by atoms with E-state index in [1.807, 2.05) is 42.5 Å². The molecule has 23 heavy (non-hydrogen) atoms. The van der Waals surface area contributed by atoms with E-state index in [2.05, 4.69) is 10.3 Å². The zero-order chi connectivity index (χ0) is 16.1. The van der Waals surface area contributed by atoms with E-state index in [9.17, 15) is 4.79 Å². The van der Waals surface area contributed by atoms with Gasteiger partial charge in [-0.2, -0.15) is 0 Å². The van der Waals surface area contributed by atoms with E-state index in [-0.39, 0.29) is 24.5 Å². The van der Waals surface area contributed by atoms with Crippen molar-refractivity contribution in [3.63, 3.8) is 0 Å². The number of benzene rings is 1. The van der Waals surface area contributed by atoms with Crippen LogP contribution in [0.3, 0.4) is 0 Å². The Balaban J connectivity index is 1.48. The molecule has 1 aromatic heterocycles. The van der Waals surface area contributed by atoms with Crippen molar-refractivity contribution in [2.75, 3.05) is 6.61 Å². The van der Waals surface area contributed by atoms with Crippen molar-refractivity contribution in [1.29, 1.82) is 0 Å². The van der Waals surface area contributed by atoms with Crippen molar-refractivity contribution in [2.24, 2.45) is 5.92 Å². The van der Waals surface area contributed by atoms with Gasteiger partial charge in [-0.05, 0) is 6.42 Å². The molecule has 0 fully saturated rings. The Morgan fingerprint density at radius 3 is 2.87 bits per heavy atom. The van der Waals surface area contributed by atoms with Crippen molar-refractivity contribution in [3.05, 3.63) is 54.6 Å². The fourth-order valence-corrected chi connectivity index (χ4v) is 2.68. The van der Waals surface area contributed by atoms with Gasteiger partial charge in [0.05, 0.1) is 6.20 Å². The number of hydrogen-bond acceptors (Lipinski definition) is 4. The third-order valence-corrected chi connectivity index (χ3v) is 3.93. The summed E-state index contributed by atoms with van der Waals surface area (Å²) in [4.78, 5) is 16.2. The molecule has 0 aliphatic heterocycles. The molecular weight excluding hydrogens is 292 g/mol. The molecule has 0 unspecified atom stereocenters. The number of aryl methyl sites for hydroxylation is 1. The number of nitrogens with one attached hydrogen (secondary N) is 1. The molecule has 0 saturated heterocycles. The van der Waals surface area contributed by atoms with Crippen LogP contribution in [-0.4, -0.2) is 28.6 Å². The maximum atomic E-state index is 12.0. The lowest BCUT2D eigenvalue weighted by Gasteiger charge is -2.12. The number of carbonyl (C=O) groups excluding carboxylic acids is 1. The maximum Gasteiger partial charge on any atom is 0.220 e. The molecule has 2 atom stereocenters. The number of oxazole rings is 1. The number of aromatic nitrogens is 1. The molecule has 5 heteroatoms. The third-order valence-electron chi connectivity index (χ3n) is 3.93. The molecule has 1 aromatic carbocycles. The molecule has 0 spiro atoms. The lowest BCUT2D eigenvalue weighted by atomic mass is 10.1. The predicted octanol–water partition coefficient (Wildman–Crippen LogP) is 2.33. The highest BCUT2D eigenvalue weighted by atomic mass is 16.4. The van der Waals surface area contributed by atoms with Gasteiger partial charge < -0.3 is 14.8 Å². The topological polar surface area (TPSA) is 75.4 Å². The fourth-order valence-electron chi connectivity index (χ4n) is 2.68. The number of aliphatic hydroxyl groups excluding tert-OH is 1. The first kappa shape index (κ1) is 15.5. The van der Waals surface area contributed by atoms with Crippen LogP contribution < -0.4 is 5.32 Å². The summed E-state index contributed by atoms with van der Waals surface area (Å²) in [5.74, 6) is 1.40. The first-order chi connectivity index (χ1) is 11.2. The fraction of sp³-hybridized carbons (Fsp3) is 0.333. The average Bonchev–Trinajstić information content (AvgIpc) is 3.23. The van der Waals surface area contributed by atoms with Crippen LogP contribution in [-0.2, 0) is 11.2 Å². The summed E-state index contributed by atoms with van der Waals surface area (Å²) in [5.41, 5.74) is 0.974. The second kappa shape index (κ2) is 7.24. The normalized spacial score (nSPS) is 19.9. The largest absolute Gasteiger partial charge is 0.441 e. The Labute approximate surface area is 135 Å². The van der Waals surface area contributed by atoms with E-state index in [1.54, 1.807) is 6.20 Å². The van der Waals surface area contributed by atoms with Crippen LogP contribution in [0.2, 0.25) is 0 Å². The van der Waals surface area contributed by atoms with E-state index in [4.69, 9.17) is 9.52 Å². The minimum atomic E-state index is -0.0299. The molecule has 1 aliphatic carbocycles. The van der Waals surface area contributed by atoms with Gasteiger partial charge in [0.2, 0.25) is 5.91 Å². The van der Waals surface area contributed by atoms with Crippen LogP contribution >= 0.6 is 0 Å². The van der Waals surface area contributed by atoms with Crippen LogP contribution in [0.25, 0.3) is 11.3 Å². The molecule has 120 valence electrons. The van der Waals surface area contributed by atoms with Gasteiger partial charge in [0, 0.05) is 37.0 Å². The SMILES string of the molecule is O=C(CCc1ncc(-c2ccccc2)o1)N[C@@H]1C=C[C@H](CO)C1. The van der Waals surface area contributed by atoms with Crippen molar-refractivity contribution in [3.8, 4) is 11.3 Å². The Kier molecular flexibility index (Phi) is 4.88. The molecule has 0 saturated carbocycles. The standard InChI is InChI=1S/C18H20N2O3/c21-12-13-6-7-15(10-13)20-17(22)8-9-18-19-11-16(23-18)14-4-2-1-3-5-14/h1-7,11,13,15,21H,8-10,12H2,(H,20,22)/t13-,15+/m0/s1. The summed E-state index contributed by atoms with van der Waals surface area (Å²) in [6.07, 6.45) is 7.15. The minimum Gasteiger partial charge on any atom is -0.441 e. The van der Waals surface area contributed by atoms with Gasteiger partial charge in [-0.15, -0.1) is 0 Å². The zero-order valence-corrected chi connectivity index (χ0v) is 12.8. The van der Waals surface area contributed by atoms with Crippen molar-refractivity contribution >= 4 is 5.91 Å². The number of amides is 1. The van der Waals surface area contributed by atoms with E-state index in [0.717, 1.165) is 12.0 Å². The highest BCUT2D eigenvalue weighted by Crippen LogP contribution is 2.20. The third kappa shape index (κ3) is 4.07. The van der Waals surface area contributed by atoms with Crippen molar-refractivity contribution in [2.45, 2.75) is 25.3 Å². The Hall–Kier alpha value is -2.40. The quantitative estimate of drug-likeness (QED) is 0.803. The molecule has 0 radical (unpaired) electrons. The van der Waals surface area contributed by atoms with Crippen LogP contribution in [0.15, 0.2) is 53.1 Å². The molecule has 5 nitrogen and oxygen atoms in total. The van der Waals surface area contributed by atoms with Gasteiger partial charge in [-0.3, -0.25) is 4.79 Å². The molecule has 2 N–H and O–H groups in total. The van der Waals surface area contributed by atoms with Crippen molar-refractivity contribution in [1.82, 2.24) is 10.3 Å². The van der Waals surface area contributed by atoms with Gasteiger partial charge in [0.25, 0.3) is 0 Å². The van der Waals surface area contributed by atoms with E-state index < -0.39 is 0 Å². The maximum absolute atomic E-state index is 12.0. The molecule has 0 bridgehead atoms. The van der Waals surface area contributed by atoms with Crippen LogP contribution in [0.4, 0.5) is 0 Å². The Bertz CT molecular complexity index is 679. The number of carbonyl (C=O) groups is 1. The molecule has 1 aliphatic rings. The van der Waals surface area contributed by atoms with E-state index in [1.165, 1.54) is 0 Å². The monoisotopic (exact) mass is 312 g/mol. The lowest BCUT2D eigenvalue weighted by Crippen LogP contribution is -2.33.